The molecule has 0 aromatic carbocycles. The van der Waals surface area contributed by atoms with Gasteiger partial charge in [0.05, 0.1) is 11.9 Å². The Morgan fingerprint density at radius 1 is 1.48 bits per heavy atom. The number of alkyl halides is 3. The van der Waals surface area contributed by atoms with Gasteiger partial charge in [-0.25, -0.2) is 4.98 Å². The van der Waals surface area contributed by atoms with Gasteiger partial charge in [-0.3, -0.25) is 4.79 Å². The van der Waals surface area contributed by atoms with Gasteiger partial charge in [-0.15, -0.1) is 0 Å². The molecule has 112 valence electrons. The maximum absolute atomic E-state index is 12.4. The summed E-state index contributed by atoms with van der Waals surface area (Å²) in [6.07, 6.45) is -1.75. The van der Waals surface area contributed by atoms with Crippen molar-refractivity contribution in [1.29, 1.82) is 0 Å². The molecule has 1 amide bonds. The number of amides is 1. The van der Waals surface area contributed by atoms with Crippen LogP contribution in [0, 0.1) is 6.92 Å². The lowest BCUT2D eigenvalue weighted by molar-refractivity contribution is -0.140. The van der Waals surface area contributed by atoms with Gasteiger partial charge in [0.25, 0.3) is 5.91 Å². The second-order valence-corrected chi connectivity index (χ2v) is 5.17. The van der Waals surface area contributed by atoms with Crippen LogP contribution in [-0.4, -0.2) is 21.6 Å². The Bertz CT molecular complexity index is 667. The molecule has 0 radical (unpaired) electrons. The maximum atomic E-state index is 12.4. The number of anilines is 1. The van der Waals surface area contributed by atoms with Crippen molar-refractivity contribution < 1.29 is 18.0 Å². The summed E-state index contributed by atoms with van der Waals surface area (Å²) in [5, 5.41) is 2.53. The molecule has 2 aromatic rings. The van der Waals surface area contributed by atoms with Crippen molar-refractivity contribution in [2.75, 3.05) is 5.32 Å². The van der Waals surface area contributed by atoms with Gasteiger partial charge < -0.3 is 9.88 Å². The highest BCUT2D eigenvalue weighted by molar-refractivity contribution is 9.10. The molecule has 0 saturated heterocycles. The molecule has 0 unspecified atom stereocenters. The van der Waals surface area contributed by atoms with Gasteiger partial charge in [-0.1, -0.05) is 0 Å². The topological polar surface area (TPSA) is 46.9 Å². The van der Waals surface area contributed by atoms with E-state index in [1.807, 2.05) is 0 Å². The summed E-state index contributed by atoms with van der Waals surface area (Å²) in [6.45, 7) is 0.583. The molecular weight excluding hydrogens is 351 g/mol. The highest BCUT2D eigenvalue weighted by Gasteiger charge is 2.29. The largest absolute Gasteiger partial charge is 0.406 e. The molecule has 1 N–H and O–H groups in total. The molecule has 0 atom stereocenters. The number of hydrogen-bond donors (Lipinski definition) is 1. The molecule has 0 spiro atoms. The Morgan fingerprint density at radius 3 is 2.81 bits per heavy atom. The summed E-state index contributed by atoms with van der Waals surface area (Å²) in [7, 11) is 0. The second kappa shape index (κ2) is 5.88. The number of rotatable bonds is 3. The molecule has 0 aliphatic carbocycles. The van der Waals surface area contributed by atoms with Crippen molar-refractivity contribution in [2.45, 2.75) is 19.6 Å². The number of nitrogens with one attached hydrogen (secondary N) is 1. The van der Waals surface area contributed by atoms with Crippen LogP contribution in [0.25, 0.3) is 0 Å². The Kier molecular flexibility index (Phi) is 4.36. The number of carbonyl (C=O) groups excluding carboxylic acids is 1. The van der Waals surface area contributed by atoms with E-state index in [2.05, 4.69) is 26.2 Å². The van der Waals surface area contributed by atoms with Crippen LogP contribution in [0.15, 0.2) is 35.2 Å². The SMILES string of the molecule is Cc1cc(NC(=O)c2cccn2CC(F)(F)F)cnc1Br. The first-order valence-corrected chi connectivity index (χ1v) is 6.71. The van der Waals surface area contributed by atoms with Crippen molar-refractivity contribution in [3.05, 3.63) is 46.5 Å². The van der Waals surface area contributed by atoms with Gasteiger partial charge in [0.2, 0.25) is 0 Å². The standard InChI is InChI=1S/C13H11BrF3N3O/c1-8-5-9(6-18-11(8)14)19-12(21)10-3-2-4-20(10)7-13(15,16)17/h2-6H,7H2,1H3,(H,19,21). The molecule has 2 aromatic heterocycles. The number of nitrogens with zero attached hydrogens (tertiary/aromatic N) is 2. The monoisotopic (exact) mass is 361 g/mol. The van der Waals surface area contributed by atoms with E-state index in [9.17, 15) is 18.0 Å². The third kappa shape index (κ3) is 4.07. The number of aromatic nitrogens is 2. The van der Waals surface area contributed by atoms with Crippen LogP contribution in [0.1, 0.15) is 16.1 Å². The minimum absolute atomic E-state index is 0.0621. The van der Waals surface area contributed by atoms with Gasteiger partial charge in [0, 0.05) is 6.20 Å². The van der Waals surface area contributed by atoms with Crippen LogP contribution >= 0.6 is 15.9 Å². The number of pyridine rings is 1. The molecule has 0 saturated carbocycles. The summed E-state index contributed by atoms with van der Waals surface area (Å²) in [4.78, 5) is 16.0. The average molecular weight is 362 g/mol. The van der Waals surface area contributed by atoms with Gasteiger partial charge in [-0.2, -0.15) is 13.2 Å². The fourth-order valence-corrected chi connectivity index (χ4v) is 1.99. The smallest absolute Gasteiger partial charge is 0.334 e. The van der Waals surface area contributed by atoms with Crippen LogP contribution in [0.4, 0.5) is 18.9 Å². The van der Waals surface area contributed by atoms with Gasteiger partial charge >= 0.3 is 6.18 Å². The molecular formula is C13H11BrF3N3O. The molecule has 0 aliphatic rings. The zero-order valence-electron chi connectivity index (χ0n) is 10.9. The Balaban J connectivity index is 2.17. The van der Waals surface area contributed by atoms with Crippen molar-refractivity contribution in [3.8, 4) is 0 Å². The third-order valence-electron chi connectivity index (χ3n) is 2.68. The van der Waals surface area contributed by atoms with Crippen molar-refractivity contribution in [2.24, 2.45) is 0 Å². The first kappa shape index (κ1) is 15.6. The highest BCUT2D eigenvalue weighted by atomic mass is 79.9. The number of halogens is 4. The Labute approximate surface area is 127 Å². The Hall–Kier alpha value is -1.83. The van der Waals surface area contributed by atoms with E-state index in [4.69, 9.17) is 0 Å². The maximum Gasteiger partial charge on any atom is 0.406 e. The van der Waals surface area contributed by atoms with Crippen molar-refractivity contribution in [3.63, 3.8) is 0 Å². The minimum Gasteiger partial charge on any atom is -0.334 e. The summed E-state index contributed by atoms with van der Waals surface area (Å²) < 4.78 is 38.8. The number of carbonyl (C=O) groups is 1. The van der Waals surface area contributed by atoms with E-state index in [0.717, 1.165) is 10.1 Å². The first-order valence-electron chi connectivity index (χ1n) is 5.91. The Morgan fingerprint density at radius 2 is 2.19 bits per heavy atom. The van der Waals surface area contributed by atoms with E-state index in [-0.39, 0.29) is 5.69 Å². The lowest BCUT2D eigenvalue weighted by Crippen LogP contribution is -2.23. The summed E-state index contributed by atoms with van der Waals surface area (Å²) in [5.74, 6) is -0.618. The van der Waals surface area contributed by atoms with Crippen molar-refractivity contribution >= 4 is 27.5 Å². The first-order chi connectivity index (χ1) is 9.76. The predicted octanol–water partition coefficient (Wildman–Crippen LogP) is 3.77. The summed E-state index contributed by atoms with van der Waals surface area (Å²) in [5.41, 5.74) is 1.16. The highest BCUT2D eigenvalue weighted by Crippen LogP contribution is 2.20. The molecule has 21 heavy (non-hydrogen) atoms. The quantitative estimate of drug-likeness (QED) is 0.845. The van der Waals surface area contributed by atoms with Crippen LogP contribution in [-0.2, 0) is 6.54 Å². The third-order valence-corrected chi connectivity index (χ3v) is 3.51. The number of aryl methyl sites for hydroxylation is 1. The molecule has 2 heterocycles. The van der Waals surface area contributed by atoms with Gasteiger partial charge in [0.15, 0.2) is 0 Å². The predicted molar refractivity (Wildman–Crippen MR) is 75.1 cm³/mol. The van der Waals surface area contributed by atoms with Crippen LogP contribution in [0.5, 0.6) is 0 Å². The molecule has 0 aliphatic heterocycles. The molecule has 2 rings (SSSR count). The zero-order chi connectivity index (χ0) is 15.6. The molecule has 0 fully saturated rings. The lowest BCUT2D eigenvalue weighted by Gasteiger charge is -2.12. The van der Waals surface area contributed by atoms with E-state index in [1.54, 1.807) is 13.0 Å². The summed E-state index contributed by atoms with van der Waals surface area (Å²) in [6, 6.07) is 4.40. The molecule has 4 nitrogen and oxygen atoms in total. The van der Waals surface area contributed by atoms with E-state index in [0.29, 0.717) is 10.3 Å². The second-order valence-electron chi connectivity index (χ2n) is 4.42. The fraction of sp³-hybridized carbons (Fsp3) is 0.231. The van der Waals surface area contributed by atoms with Crippen LogP contribution < -0.4 is 5.32 Å². The van der Waals surface area contributed by atoms with Crippen LogP contribution in [0.3, 0.4) is 0 Å². The minimum atomic E-state index is -4.39. The molecule has 8 heteroatoms. The number of hydrogen-bond acceptors (Lipinski definition) is 2. The molecule has 0 bridgehead atoms. The summed E-state index contributed by atoms with van der Waals surface area (Å²) >= 11 is 3.23. The van der Waals surface area contributed by atoms with Gasteiger partial charge in [0.1, 0.15) is 16.8 Å². The fourth-order valence-electron chi connectivity index (χ4n) is 1.77. The van der Waals surface area contributed by atoms with E-state index in [1.165, 1.54) is 24.5 Å². The van der Waals surface area contributed by atoms with Crippen molar-refractivity contribution in [1.82, 2.24) is 9.55 Å². The lowest BCUT2D eigenvalue weighted by atomic mass is 10.3. The average Bonchev–Trinajstić information content (AvgIpc) is 2.79. The van der Waals surface area contributed by atoms with Gasteiger partial charge in [-0.05, 0) is 46.6 Å². The van der Waals surface area contributed by atoms with E-state index < -0.39 is 18.6 Å². The van der Waals surface area contributed by atoms with Crippen LogP contribution in [0.2, 0.25) is 0 Å². The zero-order valence-corrected chi connectivity index (χ0v) is 12.5. The normalized spacial score (nSPS) is 11.5. The van der Waals surface area contributed by atoms with E-state index >= 15 is 0 Å².